The SMILES string of the molecule is Nc1cccc(Cl)c1-c1c(N)cccc1Br. The minimum absolute atomic E-state index is 0.596. The van der Waals surface area contributed by atoms with Crippen molar-refractivity contribution in [2.24, 2.45) is 0 Å². The number of nitrogen functional groups attached to an aromatic ring is 2. The second-order valence-electron chi connectivity index (χ2n) is 3.41. The van der Waals surface area contributed by atoms with Crippen LogP contribution in [0.5, 0.6) is 0 Å². The van der Waals surface area contributed by atoms with Gasteiger partial charge in [0.1, 0.15) is 0 Å². The van der Waals surface area contributed by atoms with Gasteiger partial charge in [0.25, 0.3) is 0 Å². The van der Waals surface area contributed by atoms with Crippen LogP contribution in [0.25, 0.3) is 11.1 Å². The highest BCUT2D eigenvalue weighted by Crippen LogP contribution is 2.40. The van der Waals surface area contributed by atoms with E-state index >= 15 is 0 Å². The lowest BCUT2D eigenvalue weighted by atomic mass is 10.0. The zero-order chi connectivity index (χ0) is 11.7. The van der Waals surface area contributed by atoms with Crippen molar-refractivity contribution in [3.8, 4) is 11.1 Å². The van der Waals surface area contributed by atoms with E-state index in [1.807, 2.05) is 24.3 Å². The van der Waals surface area contributed by atoms with Crippen molar-refractivity contribution in [3.05, 3.63) is 45.9 Å². The number of halogens is 2. The average molecular weight is 298 g/mol. The summed E-state index contributed by atoms with van der Waals surface area (Å²) in [6, 6.07) is 11.0. The number of benzene rings is 2. The molecule has 2 nitrogen and oxygen atoms in total. The van der Waals surface area contributed by atoms with E-state index in [9.17, 15) is 0 Å². The summed E-state index contributed by atoms with van der Waals surface area (Å²) in [6.07, 6.45) is 0. The van der Waals surface area contributed by atoms with E-state index in [0.717, 1.165) is 15.6 Å². The van der Waals surface area contributed by atoms with Gasteiger partial charge in [-0.05, 0) is 24.3 Å². The maximum atomic E-state index is 6.15. The second-order valence-corrected chi connectivity index (χ2v) is 4.67. The van der Waals surface area contributed by atoms with E-state index in [2.05, 4.69) is 15.9 Å². The van der Waals surface area contributed by atoms with Crippen LogP contribution in [0.3, 0.4) is 0 Å². The van der Waals surface area contributed by atoms with Gasteiger partial charge in [0.2, 0.25) is 0 Å². The number of hydrogen-bond acceptors (Lipinski definition) is 2. The highest BCUT2D eigenvalue weighted by Gasteiger charge is 2.13. The molecule has 82 valence electrons. The zero-order valence-electron chi connectivity index (χ0n) is 8.37. The monoisotopic (exact) mass is 296 g/mol. The molecule has 16 heavy (non-hydrogen) atoms. The first-order chi connectivity index (χ1) is 7.61. The molecule has 0 aliphatic heterocycles. The fourth-order valence-corrected chi connectivity index (χ4v) is 2.47. The Labute approximate surface area is 107 Å². The minimum atomic E-state index is 0.596. The Balaban J connectivity index is 2.77. The third-order valence-corrected chi connectivity index (χ3v) is 3.32. The van der Waals surface area contributed by atoms with Gasteiger partial charge in [0.15, 0.2) is 0 Å². The van der Waals surface area contributed by atoms with Crippen molar-refractivity contribution < 1.29 is 0 Å². The first-order valence-electron chi connectivity index (χ1n) is 4.69. The minimum Gasteiger partial charge on any atom is -0.398 e. The molecule has 0 heterocycles. The van der Waals surface area contributed by atoms with E-state index in [-0.39, 0.29) is 0 Å². The zero-order valence-corrected chi connectivity index (χ0v) is 10.7. The summed E-state index contributed by atoms with van der Waals surface area (Å²) in [5.74, 6) is 0. The topological polar surface area (TPSA) is 52.0 Å². The lowest BCUT2D eigenvalue weighted by molar-refractivity contribution is 1.57. The van der Waals surface area contributed by atoms with Crippen LogP contribution >= 0.6 is 27.5 Å². The highest BCUT2D eigenvalue weighted by atomic mass is 79.9. The summed E-state index contributed by atoms with van der Waals surface area (Å²) in [6.45, 7) is 0. The Hall–Kier alpha value is -1.19. The Morgan fingerprint density at radius 2 is 1.44 bits per heavy atom. The molecule has 0 amide bonds. The van der Waals surface area contributed by atoms with Crippen LogP contribution in [0.4, 0.5) is 11.4 Å². The predicted molar refractivity (Wildman–Crippen MR) is 73.4 cm³/mol. The molecule has 2 aromatic rings. The Morgan fingerprint density at radius 3 is 2.00 bits per heavy atom. The summed E-state index contributed by atoms with van der Waals surface area (Å²) in [5.41, 5.74) is 14.8. The molecule has 0 aliphatic rings. The molecule has 0 aromatic heterocycles. The average Bonchev–Trinajstić information content (AvgIpc) is 2.21. The molecule has 0 bridgehead atoms. The van der Waals surface area contributed by atoms with Crippen LogP contribution < -0.4 is 11.5 Å². The van der Waals surface area contributed by atoms with E-state index in [4.69, 9.17) is 23.1 Å². The first kappa shape index (κ1) is 11.3. The molecule has 0 spiro atoms. The van der Waals surface area contributed by atoms with Gasteiger partial charge in [0.05, 0.1) is 5.02 Å². The normalized spacial score (nSPS) is 10.4. The van der Waals surface area contributed by atoms with Gasteiger partial charge < -0.3 is 11.5 Å². The molecule has 2 rings (SSSR count). The van der Waals surface area contributed by atoms with E-state index in [1.165, 1.54) is 0 Å². The fourth-order valence-electron chi connectivity index (χ4n) is 1.61. The van der Waals surface area contributed by atoms with E-state index < -0.39 is 0 Å². The number of rotatable bonds is 1. The Morgan fingerprint density at radius 1 is 0.875 bits per heavy atom. The lowest BCUT2D eigenvalue weighted by Gasteiger charge is -2.12. The third kappa shape index (κ3) is 1.88. The van der Waals surface area contributed by atoms with Crippen LogP contribution in [-0.2, 0) is 0 Å². The van der Waals surface area contributed by atoms with Crippen molar-refractivity contribution in [2.75, 3.05) is 11.5 Å². The Bertz CT molecular complexity index is 451. The third-order valence-electron chi connectivity index (χ3n) is 2.34. The van der Waals surface area contributed by atoms with Crippen LogP contribution in [0.1, 0.15) is 0 Å². The molecule has 0 radical (unpaired) electrons. The summed E-state index contributed by atoms with van der Waals surface area (Å²) in [7, 11) is 0. The van der Waals surface area contributed by atoms with Crippen molar-refractivity contribution in [1.82, 2.24) is 0 Å². The second kappa shape index (κ2) is 4.36. The predicted octanol–water partition coefficient (Wildman–Crippen LogP) is 3.93. The molecule has 0 unspecified atom stereocenters. The van der Waals surface area contributed by atoms with Gasteiger partial charge in [-0.3, -0.25) is 0 Å². The van der Waals surface area contributed by atoms with Gasteiger partial charge in [-0.1, -0.05) is 39.7 Å². The van der Waals surface area contributed by atoms with Crippen molar-refractivity contribution in [3.63, 3.8) is 0 Å². The standard InChI is InChI=1S/C12H10BrClN2/c13-7-3-1-5-9(15)11(7)12-8(14)4-2-6-10(12)16/h1-6H,15-16H2. The molecule has 2 aromatic carbocycles. The van der Waals surface area contributed by atoms with Crippen LogP contribution in [0, 0.1) is 0 Å². The molecule has 0 atom stereocenters. The molecule has 0 saturated heterocycles. The summed E-state index contributed by atoms with van der Waals surface area (Å²) < 4.78 is 0.882. The molecule has 4 heteroatoms. The summed E-state index contributed by atoms with van der Waals surface area (Å²) in [5, 5.41) is 0.596. The quantitative estimate of drug-likeness (QED) is 0.784. The van der Waals surface area contributed by atoms with Crippen molar-refractivity contribution in [1.29, 1.82) is 0 Å². The van der Waals surface area contributed by atoms with E-state index in [0.29, 0.717) is 16.4 Å². The number of nitrogens with two attached hydrogens (primary N) is 2. The number of hydrogen-bond donors (Lipinski definition) is 2. The van der Waals surface area contributed by atoms with Crippen molar-refractivity contribution >= 4 is 38.9 Å². The van der Waals surface area contributed by atoms with Crippen LogP contribution in [0.2, 0.25) is 5.02 Å². The first-order valence-corrected chi connectivity index (χ1v) is 5.86. The summed E-state index contributed by atoms with van der Waals surface area (Å²) in [4.78, 5) is 0. The van der Waals surface area contributed by atoms with Gasteiger partial charge in [-0.2, -0.15) is 0 Å². The van der Waals surface area contributed by atoms with Crippen LogP contribution in [-0.4, -0.2) is 0 Å². The van der Waals surface area contributed by atoms with Crippen molar-refractivity contribution in [2.45, 2.75) is 0 Å². The lowest BCUT2D eigenvalue weighted by Crippen LogP contribution is -1.96. The molecule has 0 fully saturated rings. The molecular weight excluding hydrogens is 288 g/mol. The highest BCUT2D eigenvalue weighted by molar-refractivity contribution is 9.10. The fraction of sp³-hybridized carbons (Fsp3) is 0. The maximum Gasteiger partial charge on any atom is 0.0506 e. The van der Waals surface area contributed by atoms with Gasteiger partial charge in [-0.25, -0.2) is 0 Å². The molecule has 4 N–H and O–H groups in total. The molecular formula is C12H10BrClN2. The van der Waals surface area contributed by atoms with E-state index in [1.54, 1.807) is 12.1 Å². The number of anilines is 2. The van der Waals surface area contributed by atoms with Gasteiger partial charge in [0, 0.05) is 27.0 Å². The molecule has 0 aliphatic carbocycles. The largest absolute Gasteiger partial charge is 0.398 e. The molecule has 0 saturated carbocycles. The summed E-state index contributed by atoms with van der Waals surface area (Å²) >= 11 is 9.61. The smallest absolute Gasteiger partial charge is 0.0506 e. The maximum absolute atomic E-state index is 6.15. The van der Waals surface area contributed by atoms with Gasteiger partial charge in [-0.15, -0.1) is 0 Å². The van der Waals surface area contributed by atoms with Crippen LogP contribution in [0.15, 0.2) is 40.9 Å². The van der Waals surface area contributed by atoms with Gasteiger partial charge >= 0.3 is 0 Å². The Kier molecular flexibility index (Phi) is 3.08.